The number of nitrogens with one attached hydrogen (secondary N) is 2. The Balaban J connectivity index is 1.29. The zero-order valence-electron chi connectivity index (χ0n) is 16.1. The highest BCUT2D eigenvalue weighted by atomic mass is 16.3. The van der Waals surface area contributed by atoms with Gasteiger partial charge in [-0.1, -0.05) is 30.3 Å². The maximum absolute atomic E-state index is 12.3. The molecule has 2 unspecified atom stereocenters. The summed E-state index contributed by atoms with van der Waals surface area (Å²) in [5, 5.41) is 16.0. The predicted octanol–water partition coefficient (Wildman–Crippen LogP) is 1.29. The van der Waals surface area contributed by atoms with Crippen LogP contribution in [0.25, 0.3) is 0 Å². The minimum Gasteiger partial charge on any atom is -0.390 e. The fourth-order valence-electron chi connectivity index (χ4n) is 3.87. The third-order valence-corrected chi connectivity index (χ3v) is 5.58. The largest absolute Gasteiger partial charge is 0.390 e. The van der Waals surface area contributed by atoms with Crippen molar-refractivity contribution in [2.75, 3.05) is 38.1 Å². The van der Waals surface area contributed by atoms with Crippen molar-refractivity contribution in [2.45, 2.75) is 25.1 Å². The molecule has 4 rings (SSSR count). The number of benzene rings is 1. The zero-order valence-corrected chi connectivity index (χ0v) is 16.1. The Hall–Kier alpha value is -2.64. The number of piperazine rings is 1. The van der Waals surface area contributed by atoms with Gasteiger partial charge in [-0.15, -0.1) is 0 Å². The quantitative estimate of drug-likeness (QED) is 0.744. The van der Waals surface area contributed by atoms with E-state index in [1.807, 2.05) is 42.6 Å². The molecule has 1 fully saturated rings. The van der Waals surface area contributed by atoms with Crippen molar-refractivity contribution in [3.63, 3.8) is 0 Å². The topological polar surface area (TPSA) is 80.7 Å². The second-order valence-corrected chi connectivity index (χ2v) is 7.59. The highest BCUT2D eigenvalue weighted by Crippen LogP contribution is 2.31. The summed E-state index contributed by atoms with van der Waals surface area (Å²) in [4.78, 5) is 21.4. The smallest absolute Gasteiger partial charge is 0.315 e. The molecule has 7 nitrogen and oxygen atoms in total. The second-order valence-electron chi connectivity index (χ2n) is 7.59. The average Bonchev–Trinajstić information content (AvgIpc) is 3.03. The first-order valence-corrected chi connectivity index (χ1v) is 9.79. The van der Waals surface area contributed by atoms with E-state index in [0.717, 1.165) is 48.7 Å². The summed E-state index contributed by atoms with van der Waals surface area (Å²) >= 11 is 0. The molecule has 2 aromatic rings. The van der Waals surface area contributed by atoms with Crippen molar-refractivity contribution in [2.24, 2.45) is 0 Å². The van der Waals surface area contributed by atoms with Crippen LogP contribution in [0.15, 0.2) is 42.6 Å². The van der Waals surface area contributed by atoms with Crippen molar-refractivity contribution in [1.82, 2.24) is 20.5 Å². The number of pyridine rings is 1. The monoisotopic (exact) mass is 381 g/mol. The van der Waals surface area contributed by atoms with Crippen LogP contribution in [0.1, 0.15) is 22.7 Å². The lowest BCUT2D eigenvalue weighted by Crippen LogP contribution is -2.44. The van der Waals surface area contributed by atoms with Gasteiger partial charge in [-0.25, -0.2) is 9.78 Å². The Labute approximate surface area is 165 Å². The minimum absolute atomic E-state index is 0.288. The number of carbonyl (C=O) groups excluding carboxylic acids is 1. The highest BCUT2D eigenvalue weighted by molar-refractivity contribution is 5.74. The lowest BCUT2D eigenvalue weighted by atomic mass is 10.1. The van der Waals surface area contributed by atoms with Crippen LogP contribution in [0, 0.1) is 0 Å². The van der Waals surface area contributed by atoms with Crippen molar-refractivity contribution >= 4 is 11.8 Å². The van der Waals surface area contributed by atoms with Crippen LogP contribution in [-0.2, 0) is 13.0 Å². The van der Waals surface area contributed by atoms with Gasteiger partial charge in [0.1, 0.15) is 5.82 Å². The number of nitrogens with zero attached hydrogens (tertiary/aromatic N) is 3. The summed E-state index contributed by atoms with van der Waals surface area (Å²) < 4.78 is 0. The number of rotatable bonds is 4. The van der Waals surface area contributed by atoms with E-state index < -0.39 is 6.10 Å². The van der Waals surface area contributed by atoms with E-state index in [0.29, 0.717) is 13.0 Å². The summed E-state index contributed by atoms with van der Waals surface area (Å²) in [6.07, 6.45) is 1.79. The van der Waals surface area contributed by atoms with E-state index in [1.54, 1.807) is 0 Å². The van der Waals surface area contributed by atoms with Crippen LogP contribution >= 0.6 is 0 Å². The predicted molar refractivity (Wildman–Crippen MR) is 108 cm³/mol. The molecule has 2 aliphatic rings. The Morgan fingerprint density at radius 3 is 2.71 bits per heavy atom. The Bertz CT molecular complexity index is 818. The van der Waals surface area contributed by atoms with Gasteiger partial charge < -0.3 is 25.5 Å². The lowest BCUT2D eigenvalue weighted by Gasteiger charge is -2.33. The van der Waals surface area contributed by atoms with Crippen LogP contribution in [0.4, 0.5) is 10.6 Å². The molecule has 0 bridgehead atoms. The number of aromatic nitrogens is 1. The molecule has 0 spiro atoms. The molecule has 7 heteroatoms. The van der Waals surface area contributed by atoms with Gasteiger partial charge >= 0.3 is 6.03 Å². The summed E-state index contributed by atoms with van der Waals surface area (Å²) in [5.41, 5.74) is 3.02. The van der Waals surface area contributed by atoms with Crippen molar-refractivity contribution < 1.29 is 9.90 Å². The van der Waals surface area contributed by atoms with Crippen LogP contribution in [0.2, 0.25) is 0 Å². The maximum Gasteiger partial charge on any atom is 0.315 e. The summed E-state index contributed by atoms with van der Waals surface area (Å²) in [7, 11) is 2.13. The van der Waals surface area contributed by atoms with E-state index in [2.05, 4.69) is 32.5 Å². The van der Waals surface area contributed by atoms with Gasteiger partial charge in [-0.2, -0.15) is 0 Å². The Kier molecular flexibility index (Phi) is 5.45. The Morgan fingerprint density at radius 2 is 1.96 bits per heavy atom. The summed E-state index contributed by atoms with van der Waals surface area (Å²) in [5.74, 6) is 0.979. The SMILES string of the molecule is CN1CCN(c2ccc(CNC(=O)NC3c4ccccc4CC3O)cn2)CC1. The summed E-state index contributed by atoms with van der Waals surface area (Å²) in [6, 6.07) is 11.2. The summed E-state index contributed by atoms with van der Waals surface area (Å²) in [6.45, 7) is 4.44. The molecule has 28 heavy (non-hydrogen) atoms. The van der Waals surface area contributed by atoms with Crippen LogP contribution < -0.4 is 15.5 Å². The second kappa shape index (κ2) is 8.16. The molecular weight excluding hydrogens is 354 g/mol. The number of fused-ring (bicyclic) bond motifs is 1. The zero-order chi connectivity index (χ0) is 19.5. The van der Waals surface area contributed by atoms with Crippen LogP contribution in [0.3, 0.4) is 0 Å². The third-order valence-electron chi connectivity index (χ3n) is 5.58. The molecule has 3 N–H and O–H groups in total. The van der Waals surface area contributed by atoms with Gasteiger partial charge in [0.05, 0.1) is 12.1 Å². The molecule has 1 saturated heterocycles. The highest BCUT2D eigenvalue weighted by Gasteiger charge is 2.31. The molecule has 0 radical (unpaired) electrons. The van der Waals surface area contributed by atoms with Gasteiger partial charge in [0.25, 0.3) is 0 Å². The van der Waals surface area contributed by atoms with Crippen LogP contribution in [-0.4, -0.2) is 60.4 Å². The number of aliphatic hydroxyl groups is 1. The van der Waals surface area contributed by atoms with Gasteiger partial charge in [-0.3, -0.25) is 0 Å². The number of amides is 2. The maximum atomic E-state index is 12.3. The fraction of sp³-hybridized carbons (Fsp3) is 0.429. The van der Waals surface area contributed by atoms with E-state index in [9.17, 15) is 9.90 Å². The number of hydrogen-bond donors (Lipinski definition) is 3. The van der Waals surface area contributed by atoms with Crippen molar-refractivity contribution in [3.05, 3.63) is 59.3 Å². The van der Waals surface area contributed by atoms with E-state index >= 15 is 0 Å². The Morgan fingerprint density at radius 1 is 1.18 bits per heavy atom. The molecule has 2 heterocycles. The van der Waals surface area contributed by atoms with Crippen molar-refractivity contribution in [1.29, 1.82) is 0 Å². The molecule has 1 aliphatic carbocycles. The number of anilines is 1. The minimum atomic E-state index is -0.590. The van der Waals surface area contributed by atoms with E-state index in [-0.39, 0.29) is 12.1 Å². The molecule has 2 atom stereocenters. The molecule has 0 saturated carbocycles. The van der Waals surface area contributed by atoms with Crippen molar-refractivity contribution in [3.8, 4) is 0 Å². The fourth-order valence-corrected chi connectivity index (χ4v) is 3.87. The number of likely N-dealkylation sites (N-methyl/N-ethyl adjacent to an activating group) is 1. The average molecular weight is 381 g/mol. The number of aliphatic hydroxyl groups excluding tert-OH is 1. The first kappa shape index (κ1) is 18.7. The van der Waals surface area contributed by atoms with E-state index in [1.165, 1.54) is 0 Å². The third kappa shape index (κ3) is 4.10. The molecule has 148 valence electrons. The van der Waals surface area contributed by atoms with Gasteiger partial charge in [0.15, 0.2) is 0 Å². The molecule has 1 aromatic carbocycles. The van der Waals surface area contributed by atoms with Gasteiger partial charge in [-0.05, 0) is 29.8 Å². The first-order chi connectivity index (χ1) is 13.6. The van der Waals surface area contributed by atoms with Gasteiger partial charge in [0, 0.05) is 45.3 Å². The van der Waals surface area contributed by atoms with E-state index in [4.69, 9.17) is 0 Å². The number of urea groups is 1. The number of carbonyl (C=O) groups is 1. The first-order valence-electron chi connectivity index (χ1n) is 9.79. The van der Waals surface area contributed by atoms with Gasteiger partial charge in [0.2, 0.25) is 0 Å². The lowest BCUT2D eigenvalue weighted by molar-refractivity contribution is 0.142. The number of hydrogen-bond acceptors (Lipinski definition) is 5. The molecule has 2 amide bonds. The molecular formula is C21H27N5O2. The van der Waals surface area contributed by atoms with Crippen LogP contribution in [0.5, 0.6) is 0 Å². The standard InChI is InChI=1S/C21H27N5O2/c1-25-8-10-26(11-9-25)19-7-6-15(13-22-19)14-23-21(28)24-20-17-5-3-2-4-16(17)12-18(20)27/h2-7,13,18,20,27H,8-12,14H2,1H3,(H2,23,24,28). The molecule has 1 aromatic heterocycles. The molecule has 1 aliphatic heterocycles. The normalized spacial score (nSPS) is 22.0.